The molecule has 0 aromatic heterocycles. The number of nitrogens with zero attached hydrogens (tertiary/aromatic N) is 1. The van der Waals surface area contributed by atoms with Gasteiger partial charge < -0.3 is 0 Å². The highest BCUT2D eigenvalue weighted by Gasteiger charge is 2.21. The van der Waals surface area contributed by atoms with Crippen LogP contribution >= 0.6 is 0 Å². The van der Waals surface area contributed by atoms with Crippen LogP contribution in [0.1, 0.15) is 13.8 Å². The van der Waals surface area contributed by atoms with Crippen molar-refractivity contribution in [3.8, 4) is 0 Å². The van der Waals surface area contributed by atoms with E-state index in [-0.39, 0.29) is 11.7 Å². The van der Waals surface area contributed by atoms with Crippen molar-refractivity contribution in [1.29, 1.82) is 0 Å². The maximum absolute atomic E-state index is 13.3. The van der Waals surface area contributed by atoms with E-state index in [1.807, 2.05) is 0 Å². The fourth-order valence-corrected chi connectivity index (χ4v) is 2.97. The molecule has 0 unspecified atom stereocenters. The van der Waals surface area contributed by atoms with E-state index in [2.05, 4.69) is 4.72 Å². The SMILES string of the molecule is CC(C)N(C)S(=O)(=O)Nc1cc(F)cc(S(N)(=O)=O)c1. The van der Waals surface area contributed by atoms with Crippen LogP contribution in [0.4, 0.5) is 10.1 Å². The second kappa shape index (κ2) is 5.64. The molecule has 0 saturated heterocycles. The predicted molar refractivity (Wildman–Crippen MR) is 73.2 cm³/mol. The fourth-order valence-electron chi connectivity index (χ4n) is 1.28. The summed E-state index contributed by atoms with van der Waals surface area (Å²) in [7, 11) is -6.70. The van der Waals surface area contributed by atoms with Gasteiger partial charge in [0.15, 0.2) is 0 Å². The minimum Gasteiger partial charge on any atom is -0.271 e. The smallest absolute Gasteiger partial charge is 0.271 e. The molecule has 0 spiro atoms. The molecular weight excluding hydrogens is 309 g/mol. The average molecular weight is 325 g/mol. The largest absolute Gasteiger partial charge is 0.301 e. The highest BCUT2D eigenvalue weighted by atomic mass is 32.2. The van der Waals surface area contributed by atoms with Crippen molar-refractivity contribution >= 4 is 25.9 Å². The Hall–Kier alpha value is -1.23. The molecule has 0 aliphatic carbocycles. The van der Waals surface area contributed by atoms with Crippen LogP contribution < -0.4 is 9.86 Å². The van der Waals surface area contributed by atoms with Crippen LogP contribution in [0.5, 0.6) is 0 Å². The molecule has 0 atom stereocenters. The molecule has 0 aliphatic heterocycles. The molecular formula is C10H16FN3O4S2. The molecule has 0 amide bonds. The van der Waals surface area contributed by atoms with Gasteiger partial charge in [0.2, 0.25) is 10.0 Å². The first-order chi connectivity index (χ1) is 8.93. The van der Waals surface area contributed by atoms with Crippen LogP contribution in [-0.4, -0.2) is 34.2 Å². The van der Waals surface area contributed by atoms with Crippen molar-refractivity contribution < 1.29 is 21.2 Å². The maximum atomic E-state index is 13.3. The zero-order valence-corrected chi connectivity index (χ0v) is 12.8. The molecule has 0 bridgehead atoms. The lowest BCUT2D eigenvalue weighted by Gasteiger charge is -2.21. The number of nitrogens with two attached hydrogens (primary N) is 1. The second-order valence-electron chi connectivity index (χ2n) is 4.44. The first-order valence-corrected chi connectivity index (χ1v) is 8.51. The first-order valence-electron chi connectivity index (χ1n) is 5.52. The summed E-state index contributed by atoms with van der Waals surface area (Å²) in [5.74, 6) is -0.915. The van der Waals surface area contributed by atoms with E-state index in [4.69, 9.17) is 5.14 Å². The van der Waals surface area contributed by atoms with E-state index in [9.17, 15) is 21.2 Å². The van der Waals surface area contributed by atoms with E-state index in [1.165, 1.54) is 7.05 Å². The lowest BCUT2D eigenvalue weighted by molar-refractivity contribution is 0.414. The van der Waals surface area contributed by atoms with Crippen molar-refractivity contribution in [2.45, 2.75) is 24.8 Å². The minimum atomic E-state index is -4.13. The number of benzene rings is 1. The van der Waals surface area contributed by atoms with Gasteiger partial charge >= 0.3 is 10.2 Å². The van der Waals surface area contributed by atoms with Crippen molar-refractivity contribution in [2.75, 3.05) is 11.8 Å². The molecule has 0 radical (unpaired) electrons. The summed E-state index contributed by atoms with van der Waals surface area (Å²) in [6, 6.07) is 2.20. The third-order valence-electron chi connectivity index (χ3n) is 2.55. The molecule has 0 fully saturated rings. The Morgan fingerprint density at radius 2 is 1.75 bits per heavy atom. The average Bonchev–Trinajstić information content (AvgIpc) is 2.25. The highest BCUT2D eigenvalue weighted by molar-refractivity contribution is 7.90. The molecule has 3 N–H and O–H groups in total. The summed E-state index contributed by atoms with van der Waals surface area (Å²) < 4.78 is 62.6. The van der Waals surface area contributed by atoms with Crippen LogP contribution in [0.25, 0.3) is 0 Å². The van der Waals surface area contributed by atoms with Crippen LogP contribution in [0, 0.1) is 5.82 Å². The van der Waals surface area contributed by atoms with Crippen molar-refractivity contribution in [1.82, 2.24) is 4.31 Å². The molecule has 114 valence electrons. The van der Waals surface area contributed by atoms with E-state index in [0.717, 1.165) is 16.4 Å². The summed E-state index contributed by atoms with van der Waals surface area (Å²) in [4.78, 5) is -0.512. The minimum absolute atomic E-state index is 0.221. The van der Waals surface area contributed by atoms with E-state index >= 15 is 0 Å². The lowest BCUT2D eigenvalue weighted by Crippen LogP contribution is -2.37. The Balaban J connectivity index is 3.20. The van der Waals surface area contributed by atoms with E-state index in [1.54, 1.807) is 13.8 Å². The summed E-state index contributed by atoms with van der Waals surface area (Å²) in [5, 5.41) is 4.88. The van der Waals surface area contributed by atoms with Gasteiger partial charge in [-0.1, -0.05) is 0 Å². The van der Waals surface area contributed by atoms with Crippen LogP contribution in [-0.2, 0) is 20.2 Å². The van der Waals surface area contributed by atoms with Gasteiger partial charge in [0.25, 0.3) is 0 Å². The summed E-state index contributed by atoms with van der Waals surface area (Å²) in [6.07, 6.45) is 0. The van der Waals surface area contributed by atoms with Gasteiger partial charge in [-0.3, -0.25) is 4.72 Å². The van der Waals surface area contributed by atoms with Gasteiger partial charge in [0.1, 0.15) is 5.82 Å². The van der Waals surface area contributed by atoms with Gasteiger partial charge in [-0.2, -0.15) is 12.7 Å². The van der Waals surface area contributed by atoms with Gasteiger partial charge in [0, 0.05) is 13.1 Å². The molecule has 10 heteroatoms. The summed E-state index contributed by atoms with van der Waals surface area (Å²) >= 11 is 0. The predicted octanol–water partition coefficient (Wildman–Crippen LogP) is 0.470. The summed E-state index contributed by atoms with van der Waals surface area (Å²) in [5.41, 5.74) is -0.221. The standard InChI is InChI=1S/C10H16FN3O4S2/c1-7(2)14(3)20(17,18)13-9-4-8(11)5-10(6-9)19(12,15)16/h4-7,13H,1-3H3,(H2,12,15,16). The van der Waals surface area contributed by atoms with E-state index in [0.29, 0.717) is 6.07 Å². The molecule has 7 nitrogen and oxygen atoms in total. The normalized spacial score (nSPS) is 12.9. The topological polar surface area (TPSA) is 110 Å². The number of anilines is 1. The number of halogens is 1. The van der Waals surface area contributed by atoms with Gasteiger partial charge in [-0.15, -0.1) is 0 Å². The fraction of sp³-hybridized carbons (Fsp3) is 0.400. The number of sulfonamides is 1. The number of nitrogens with one attached hydrogen (secondary N) is 1. The molecule has 0 heterocycles. The molecule has 20 heavy (non-hydrogen) atoms. The van der Waals surface area contributed by atoms with Crippen molar-refractivity contribution in [2.24, 2.45) is 5.14 Å². The third-order valence-corrected chi connectivity index (χ3v) is 5.12. The van der Waals surface area contributed by atoms with Gasteiger partial charge in [0.05, 0.1) is 10.6 Å². The molecule has 0 saturated carbocycles. The Bertz CT molecular complexity index is 701. The lowest BCUT2D eigenvalue weighted by atomic mass is 10.3. The van der Waals surface area contributed by atoms with Crippen LogP contribution in [0.3, 0.4) is 0 Å². The molecule has 1 rings (SSSR count). The number of hydrogen-bond donors (Lipinski definition) is 2. The Kier molecular flexibility index (Phi) is 4.74. The number of primary sulfonamides is 1. The van der Waals surface area contributed by atoms with Crippen molar-refractivity contribution in [3.05, 3.63) is 24.0 Å². The molecule has 0 aliphatic rings. The summed E-state index contributed by atoms with van der Waals surface area (Å²) in [6.45, 7) is 3.31. The zero-order chi connectivity index (χ0) is 15.7. The number of hydrogen-bond acceptors (Lipinski definition) is 4. The third kappa shape index (κ3) is 4.13. The second-order valence-corrected chi connectivity index (χ2v) is 7.73. The van der Waals surface area contributed by atoms with E-state index < -0.39 is 30.9 Å². The molecule has 1 aromatic carbocycles. The van der Waals surface area contributed by atoms with Crippen LogP contribution in [0.15, 0.2) is 23.1 Å². The van der Waals surface area contributed by atoms with Crippen molar-refractivity contribution in [3.63, 3.8) is 0 Å². The Morgan fingerprint density at radius 3 is 2.20 bits per heavy atom. The Morgan fingerprint density at radius 1 is 1.20 bits per heavy atom. The monoisotopic (exact) mass is 325 g/mol. The molecule has 1 aromatic rings. The van der Waals surface area contributed by atoms with Gasteiger partial charge in [-0.05, 0) is 32.0 Å². The zero-order valence-electron chi connectivity index (χ0n) is 11.2. The number of rotatable bonds is 5. The Labute approximate surface area is 117 Å². The maximum Gasteiger partial charge on any atom is 0.301 e. The first kappa shape index (κ1) is 16.8. The quantitative estimate of drug-likeness (QED) is 0.820. The van der Waals surface area contributed by atoms with Crippen LogP contribution in [0.2, 0.25) is 0 Å². The van der Waals surface area contributed by atoms with Gasteiger partial charge in [-0.25, -0.2) is 17.9 Å². The highest BCUT2D eigenvalue weighted by Crippen LogP contribution is 2.19.